The lowest BCUT2D eigenvalue weighted by molar-refractivity contribution is -0.359. The first kappa shape index (κ1) is 21.4. The van der Waals surface area contributed by atoms with E-state index in [0.717, 1.165) is 6.07 Å². The summed E-state index contributed by atoms with van der Waals surface area (Å²) in [5.74, 6) is -9.62. The summed E-state index contributed by atoms with van der Waals surface area (Å²) >= 11 is 3.22. The minimum absolute atomic E-state index is 0.0131. The first-order valence-corrected chi connectivity index (χ1v) is 9.33. The van der Waals surface area contributed by atoms with Crippen LogP contribution in [0.25, 0.3) is 0 Å². The predicted octanol–water partition coefficient (Wildman–Crippen LogP) is 3.67. The minimum Gasteiger partial charge on any atom is -0.466 e. The van der Waals surface area contributed by atoms with E-state index < -0.39 is 41.1 Å². The summed E-state index contributed by atoms with van der Waals surface area (Å²) in [4.78, 5) is 25.2. The van der Waals surface area contributed by atoms with Gasteiger partial charge in [-0.05, 0) is 31.5 Å². The number of rotatable bonds is 3. The van der Waals surface area contributed by atoms with Crippen LogP contribution in [0.5, 0.6) is 5.75 Å². The van der Waals surface area contributed by atoms with Crippen molar-refractivity contribution in [2.24, 2.45) is 5.92 Å². The first-order chi connectivity index (χ1) is 13.5. The number of carbonyl (C=O) groups is 1. The summed E-state index contributed by atoms with van der Waals surface area (Å²) < 4.78 is 57.0. The third-order valence-corrected chi connectivity index (χ3v) is 5.05. The van der Waals surface area contributed by atoms with Crippen LogP contribution in [0.3, 0.4) is 0 Å². The Bertz CT molecular complexity index is 1000. The number of aliphatic hydroxyl groups is 1. The van der Waals surface area contributed by atoms with E-state index in [2.05, 4.69) is 15.9 Å². The molecule has 0 fully saturated rings. The highest BCUT2D eigenvalue weighted by molar-refractivity contribution is 9.10. The highest BCUT2D eigenvalue weighted by Gasteiger charge is 2.69. The van der Waals surface area contributed by atoms with Crippen LogP contribution in [0.15, 0.2) is 44.0 Å². The Hall–Kier alpha value is -2.33. The molecule has 0 saturated heterocycles. The Morgan fingerprint density at radius 1 is 1.34 bits per heavy atom. The highest BCUT2D eigenvalue weighted by atomic mass is 79.9. The van der Waals surface area contributed by atoms with E-state index in [1.54, 1.807) is 6.07 Å². The van der Waals surface area contributed by atoms with Crippen molar-refractivity contribution in [1.82, 2.24) is 0 Å². The van der Waals surface area contributed by atoms with E-state index in [1.807, 2.05) is 0 Å². The second kappa shape index (κ2) is 7.49. The maximum atomic E-state index is 13.9. The van der Waals surface area contributed by atoms with Crippen LogP contribution >= 0.6 is 15.9 Å². The zero-order valence-corrected chi connectivity index (χ0v) is 16.8. The molecule has 1 aliphatic heterocycles. The first-order valence-electron chi connectivity index (χ1n) is 8.54. The van der Waals surface area contributed by atoms with E-state index in [9.17, 15) is 27.9 Å². The van der Waals surface area contributed by atoms with E-state index in [-0.39, 0.29) is 23.5 Å². The molecule has 29 heavy (non-hydrogen) atoms. The SMILES string of the molecule is CCOC(=O)C1C(c2cccc(Br)c2)c2c(cc(C)oc2=O)OC1(O)C(F)(F)F. The number of hydrogen-bond acceptors (Lipinski definition) is 6. The predicted molar refractivity (Wildman–Crippen MR) is 97.5 cm³/mol. The topological polar surface area (TPSA) is 86.0 Å². The van der Waals surface area contributed by atoms with Gasteiger partial charge >= 0.3 is 23.6 Å². The number of alkyl halides is 3. The van der Waals surface area contributed by atoms with Crippen molar-refractivity contribution >= 4 is 21.9 Å². The zero-order chi connectivity index (χ0) is 21.6. The number of esters is 1. The van der Waals surface area contributed by atoms with Crippen molar-refractivity contribution in [3.8, 4) is 5.75 Å². The van der Waals surface area contributed by atoms with E-state index in [4.69, 9.17) is 13.9 Å². The monoisotopic (exact) mass is 476 g/mol. The van der Waals surface area contributed by atoms with Gasteiger partial charge in [0.2, 0.25) is 0 Å². The van der Waals surface area contributed by atoms with Gasteiger partial charge in [0, 0.05) is 16.5 Å². The molecule has 10 heteroatoms. The quantitative estimate of drug-likeness (QED) is 0.680. The Morgan fingerprint density at radius 3 is 2.62 bits per heavy atom. The molecule has 3 atom stereocenters. The van der Waals surface area contributed by atoms with Gasteiger partial charge in [0.1, 0.15) is 17.4 Å². The van der Waals surface area contributed by atoms with Gasteiger partial charge in [0.05, 0.1) is 12.2 Å². The van der Waals surface area contributed by atoms with Crippen LogP contribution in [-0.4, -0.2) is 29.6 Å². The standard InChI is InChI=1S/C19H16BrF3O6/c1-3-27-17(25)15-13(10-5-4-6-11(20)8-10)14-12(7-9(2)28-16(14)24)29-18(15,26)19(21,22)23/h4-8,13,15,26H,3H2,1-2H3. The van der Waals surface area contributed by atoms with Gasteiger partial charge in [-0.1, -0.05) is 28.1 Å². The number of fused-ring (bicyclic) bond motifs is 1. The number of halogens is 4. The van der Waals surface area contributed by atoms with Crippen molar-refractivity contribution in [3.63, 3.8) is 0 Å². The molecule has 0 amide bonds. The molecule has 1 aliphatic rings. The second-order valence-corrected chi connectivity index (χ2v) is 7.40. The molecular weight excluding hydrogens is 461 g/mol. The Balaban J connectivity index is 2.38. The van der Waals surface area contributed by atoms with E-state index in [0.29, 0.717) is 4.47 Å². The molecule has 1 N–H and O–H groups in total. The molecule has 1 aromatic heterocycles. The van der Waals surface area contributed by atoms with Crippen LogP contribution in [0.2, 0.25) is 0 Å². The summed E-state index contributed by atoms with van der Waals surface area (Å²) in [6, 6.07) is 7.10. The molecule has 3 rings (SSSR count). The van der Waals surface area contributed by atoms with Crippen molar-refractivity contribution < 1.29 is 37.0 Å². The van der Waals surface area contributed by atoms with Gasteiger partial charge in [0.25, 0.3) is 0 Å². The van der Waals surface area contributed by atoms with Crippen LogP contribution in [0, 0.1) is 12.8 Å². The van der Waals surface area contributed by atoms with Crippen molar-refractivity contribution in [1.29, 1.82) is 0 Å². The van der Waals surface area contributed by atoms with Crippen LogP contribution in [0.1, 0.15) is 29.7 Å². The highest BCUT2D eigenvalue weighted by Crippen LogP contribution is 2.52. The zero-order valence-electron chi connectivity index (χ0n) is 15.2. The molecule has 2 aromatic rings. The molecule has 156 valence electrons. The number of benzene rings is 1. The molecule has 0 saturated carbocycles. The summed E-state index contributed by atoms with van der Waals surface area (Å²) in [7, 11) is 0. The fourth-order valence-electron chi connectivity index (χ4n) is 3.40. The molecule has 2 heterocycles. The molecule has 0 radical (unpaired) electrons. The van der Waals surface area contributed by atoms with Gasteiger partial charge in [-0.2, -0.15) is 13.2 Å². The van der Waals surface area contributed by atoms with Gasteiger partial charge in [0.15, 0.2) is 0 Å². The average molecular weight is 477 g/mol. The fourth-order valence-corrected chi connectivity index (χ4v) is 3.82. The Kier molecular flexibility index (Phi) is 5.52. The summed E-state index contributed by atoms with van der Waals surface area (Å²) in [5.41, 5.74) is -1.11. The lowest BCUT2D eigenvalue weighted by Crippen LogP contribution is -2.62. The number of ether oxygens (including phenoxy) is 2. The normalized spacial score (nSPS) is 23.8. The van der Waals surface area contributed by atoms with Crippen LogP contribution in [0.4, 0.5) is 13.2 Å². The Labute approximate surface area is 171 Å². The second-order valence-electron chi connectivity index (χ2n) is 6.48. The molecule has 0 spiro atoms. The molecule has 6 nitrogen and oxygen atoms in total. The van der Waals surface area contributed by atoms with Gasteiger partial charge in [-0.3, -0.25) is 4.79 Å². The van der Waals surface area contributed by atoms with Crippen molar-refractivity contribution in [2.45, 2.75) is 31.7 Å². The molecule has 0 bridgehead atoms. The lowest BCUT2D eigenvalue weighted by atomic mass is 9.74. The maximum absolute atomic E-state index is 13.9. The fraction of sp³-hybridized carbons (Fsp3) is 0.368. The van der Waals surface area contributed by atoms with Crippen LogP contribution < -0.4 is 10.4 Å². The van der Waals surface area contributed by atoms with E-state index in [1.165, 1.54) is 32.0 Å². The largest absolute Gasteiger partial charge is 0.466 e. The summed E-state index contributed by atoms with van der Waals surface area (Å²) in [6.07, 6.45) is -5.36. The minimum atomic E-state index is -5.36. The summed E-state index contributed by atoms with van der Waals surface area (Å²) in [6.45, 7) is 2.53. The third-order valence-electron chi connectivity index (χ3n) is 4.56. The summed E-state index contributed by atoms with van der Waals surface area (Å²) in [5, 5.41) is 10.6. The lowest BCUT2D eigenvalue weighted by Gasteiger charge is -2.43. The third kappa shape index (κ3) is 3.66. The average Bonchev–Trinajstić information content (AvgIpc) is 2.59. The van der Waals surface area contributed by atoms with Gasteiger partial charge in [-0.25, -0.2) is 4.79 Å². The molecular formula is C19H16BrF3O6. The Morgan fingerprint density at radius 2 is 2.03 bits per heavy atom. The number of hydrogen-bond donors (Lipinski definition) is 1. The van der Waals surface area contributed by atoms with Crippen molar-refractivity contribution in [3.05, 3.63) is 62.1 Å². The number of carbonyl (C=O) groups excluding carboxylic acids is 1. The van der Waals surface area contributed by atoms with Gasteiger partial charge < -0.3 is 19.0 Å². The maximum Gasteiger partial charge on any atom is 0.456 e. The smallest absolute Gasteiger partial charge is 0.456 e. The molecule has 0 aliphatic carbocycles. The van der Waals surface area contributed by atoms with Crippen molar-refractivity contribution in [2.75, 3.05) is 6.61 Å². The van der Waals surface area contributed by atoms with Crippen LogP contribution in [-0.2, 0) is 9.53 Å². The van der Waals surface area contributed by atoms with E-state index >= 15 is 0 Å². The molecule has 1 aromatic carbocycles. The number of aryl methyl sites for hydroxylation is 1. The molecule has 3 unspecified atom stereocenters. The van der Waals surface area contributed by atoms with Gasteiger partial charge in [-0.15, -0.1) is 0 Å².